The van der Waals surface area contributed by atoms with E-state index in [0.717, 1.165) is 16.5 Å². The van der Waals surface area contributed by atoms with Crippen LogP contribution in [-0.4, -0.2) is 36.4 Å². The third kappa shape index (κ3) is 2.53. The standard InChI is InChI=1S/C17H18FN3O2/c18-9-17(5-7-22-8-6-17)10-19-16-15-14(20-11-21-16)12-3-1-2-4-13(12)23-15/h1-4,11H,5-10H2,(H,19,20,21). The molecule has 1 aliphatic rings. The summed E-state index contributed by atoms with van der Waals surface area (Å²) >= 11 is 0. The molecule has 0 saturated carbocycles. The van der Waals surface area contributed by atoms with E-state index in [1.165, 1.54) is 6.33 Å². The van der Waals surface area contributed by atoms with Crippen LogP contribution in [0.25, 0.3) is 22.1 Å². The molecule has 3 aromatic rings. The molecule has 0 radical (unpaired) electrons. The van der Waals surface area contributed by atoms with Gasteiger partial charge in [-0.15, -0.1) is 0 Å². The average molecular weight is 315 g/mol. The number of anilines is 1. The number of hydrogen-bond donors (Lipinski definition) is 1. The number of fused-ring (bicyclic) bond motifs is 3. The normalized spacial score (nSPS) is 17.6. The molecule has 5 nitrogen and oxygen atoms in total. The number of benzene rings is 1. The first-order chi connectivity index (χ1) is 11.3. The number of para-hydroxylation sites is 1. The fourth-order valence-electron chi connectivity index (χ4n) is 3.08. The van der Waals surface area contributed by atoms with Crippen LogP contribution in [0.5, 0.6) is 0 Å². The zero-order chi connectivity index (χ0) is 15.7. The van der Waals surface area contributed by atoms with E-state index < -0.39 is 0 Å². The monoisotopic (exact) mass is 315 g/mol. The van der Waals surface area contributed by atoms with E-state index in [4.69, 9.17) is 9.15 Å². The number of rotatable bonds is 4. The van der Waals surface area contributed by atoms with Crippen molar-refractivity contribution in [2.24, 2.45) is 5.41 Å². The Hall–Kier alpha value is -2.21. The van der Waals surface area contributed by atoms with Crippen molar-refractivity contribution >= 4 is 27.9 Å². The summed E-state index contributed by atoms with van der Waals surface area (Å²) in [4.78, 5) is 8.61. The highest BCUT2D eigenvalue weighted by atomic mass is 19.1. The zero-order valence-electron chi connectivity index (χ0n) is 12.7. The van der Waals surface area contributed by atoms with Crippen LogP contribution in [0, 0.1) is 5.41 Å². The van der Waals surface area contributed by atoms with Gasteiger partial charge in [0.1, 0.15) is 17.4 Å². The second-order valence-electron chi connectivity index (χ2n) is 6.10. The number of halogens is 1. The Morgan fingerprint density at radius 2 is 2.00 bits per heavy atom. The maximum atomic E-state index is 13.6. The predicted molar refractivity (Wildman–Crippen MR) is 86.3 cm³/mol. The lowest BCUT2D eigenvalue weighted by molar-refractivity contribution is 0.00881. The molecule has 23 heavy (non-hydrogen) atoms. The molecular weight excluding hydrogens is 297 g/mol. The van der Waals surface area contributed by atoms with Crippen LogP contribution in [0.4, 0.5) is 10.2 Å². The maximum absolute atomic E-state index is 13.6. The van der Waals surface area contributed by atoms with Gasteiger partial charge in [0.2, 0.25) is 0 Å². The van der Waals surface area contributed by atoms with Gasteiger partial charge in [0.25, 0.3) is 0 Å². The Labute approximate surface area is 132 Å². The lowest BCUT2D eigenvalue weighted by Gasteiger charge is -2.34. The van der Waals surface area contributed by atoms with Crippen molar-refractivity contribution in [2.45, 2.75) is 12.8 Å². The highest BCUT2D eigenvalue weighted by Gasteiger charge is 2.33. The molecule has 1 N–H and O–H groups in total. The number of hydrogen-bond acceptors (Lipinski definition) is 5. The Bertz CT molecular complexity index is 827. The van der Waals surface area contributed by atoms with E-state index in [0.29, 0.717) is 44.0 Å². The molecule has 4 rings (SSSR count). The Kier molecular flexibility index (Phi) is 3.61. The van der Waals surface area contributed by atoms with Crippen LogP contribution in [0.2, 0.25) is 0 Å². The smallest absolute Gasteiger partial charge is 0.196 e. The summed E-state index contributed by atoms with van der Waals surface area (Å²) in [7, 11) is 0. The Morgan fingerprint density at radius 3 is 2.83 bits per heavy atom. The minimum atomic E-state index is -0.387. The van der Waals surface area contributed by atoms with Crippen LogP contribution in [0.1, 0.15) is 12.8 Å². The molecule has 6 heteroatoms. The predicted octanol–water partition coefficient (Wildman–Crippen LogP) is 3.55. The minimum Gasteiger partial charge on any atom is -0.450 e. The van der Waals surface area contributed by atoms with E-state index in [2.05, 4.69) is 15.3 Å². The summed E-state index contributed by atoms with van der Waals surface area (Å²) in [5, 5.41) is 4.23. The first-order valence-electron chi connectivity index (χ1n) is 7.81. The van der Waals surface area contributed by atoms with Crippen molar-refractivity contribution in [2.75, 3.05) is 31.7 Å². The topological polar surface area (TPSA) is 60.2 Å². The average Bonchev–Trinajstić information content (AvgIpc) is 3.00. The highest BCUT2D eigenvalue weighted by molar-refractivity contribution is 6.05. The molecule has 1 saturated heterocycles. The van der Waals surface area contributed by atoms with Crippen molar-refractivity contribution in [1.29, 1.82) is 0 Å². The van der Waals surface area contributed by atoms with Gasteiger partial charge in [-0.05, 0) is 25.0 Å². The molecular formula is C17H18FN3O2. The maximum Gasteiger partial charge on any atom is 0.196 e. The third-order valence-electron chi connectivity index (χ3n) is 4.63. The van der Waals surface area contributed by atoms with Gasteiger partial charge in [0, 0.05) is 30.6 Å². The van der Waals surface area contributed by atoms with Gasteiger partial charge in [-0.25, -0.2) is 9.97 Å². The molecule has 3 heterocycles. The molecule has 2 aromatic heterocycles. The lowest BCUT2D eigenvalue weighted by Crippen LogP contribution is -2.38. The Balaban J connectivity index is 1.66. The number of alkyl halides is 1. The second-order valence-corrected chi connectivity index (χ2v) is 6.10. The number of furan rings is 1. The van der Waals surface area contributed by atoms with Gasteiger partial charge in [-0.1, -0.05) is 12.1 Å². The first-order valence-corrected chi connectivity index (χ1v) is 7.81. The van der Waals surface area contributed by atoms with Crippen molar-refractivity contribution in [3.8, 4) is 0 Å². The lowest BCUT2D eigenvalue weighted by atomic mass is 9.81. The molecule has 1 aromatic carbocycles. The zero-order valence-corrected chi connectivity index (χ0v) is 12.7. The molecule has 1 fully saturated rings. The van der Waals surface area contributed by atoms with Gasteiger partial charge in [0.05, 0.1) is 6.67 Å². The third-order valence-corrected chi connectivity index (χ3v) is 4.63. The van der Waals surface area contributed by atoms with Crippen LogP contribution < -0.4 is 5.32 Å². The molecule has 120 valence electrons. The van der Waals surface area contributed by atoms with Gasteiger partial charge in [0.15, 0.2) is 11.4 Å². The summed E-state index contributed by atoms with van der Waals surface area (Å²) in [5.74, 6) is 0.616. The van der Waals surface area contributed by atoms with Crippen molar-refractivity contribution < 1.29 is 13.5 Å². The minimum absolute atomic E-state index is 0.363. The second kappa shape index (κ2) is 5.77. The first kappa shape index (κ1) is 14.4. The fraction of sp³-hybridized carbons (Fsp3) is 0.412. The number of ether oxygens (including phenoxy) is 1. The Morgan fingerprint density at radius 1 is 1.17 bits per heavy atom. The summed E-state index contributed by atoms with van der Waals surface area (Å²) in [6.45, 7) is 1.36. The van der Waals surface area contributed by atoms with Crippen LogP contribution in [-0.2, 0) is 4.74 Å². The SMILES string of the molecule is FCC1(CNc2ncnc3c2oc2ccccc23)CCOCC1. The summed E-state index contributed by atoms with van der Waals surface area (Å²) < 4.78 is 24.8. The van der Waals surface area contributed by atoms with Crippen LogP contribution in [0.15, 0.2) is 35.0 Å². The fourth-order valence-corrected chi connectivity index (χ4v) is 3.08. The molecule has 0 bridgehead atoms. The van der Waals surface area contributed by atoms with Crippen molar-refractivity contribution in [1.82, 2.24) is 9.97 Å². The van der Waals surface area contributed by atoms with Crippen LogP contribution in [0.3, 0.4) is 0 Å². The summed E-state index contributed by atoms with van der Waals surface area (Å²) in [6.07, 6.45) is 2.94. The molecule has 1 aliphatic heterocycles. The van der Waals surface area contributed by atoms with E-state index in [1.807, 2.05) is 24.3 Å². The van der Waals surface area contributed by atoms with Gasteiger partial charge in [-0.2, -0.15) is 0 Å². The molecule has 0 unspecified atom stereocenters. The van der Waals surface area contributed by atoms with E-state index >= 15 is 0 Å². The van der Waals surface area contributed by atoms with Gasteiger partial charge >= 0.3 is 0 Å². The van der Waals surface area contributed by atoms with E-state index in [1.54, 1.807) is 0 Å². The largest absolute Gasteiger partial charge is 0.450 e. The van der Waals surface area contributed by atoms with Gasteiger partial charge < -0.3 is 14.5 Å². The molecule has 0 atom stereocenters. The highest BCUT2D eigenvalue weighted by Crippen LogP contribution is 2.34. The number of aromatic nitrogens is 2. The van der Waals surface area contributed by atoms with Crippen molar-refractivity contribution in [3.05, 3.63) is 30.6 Å². The number of nitrogens with zero attached hydrogens (tertiary/aromatic N) is 2. The molecule has 0 aliphatic carbocycles. The van der Waals surface area contributed by atoms with Crippen LogP contribution >= 0.6 is 0 Å². The molecule has 0 amide bonds. The summed E-state index contributed by atoms with van der Waals surface area (Å²) in [5.41, 5.74) is 1.79. The number of nitrogens with one attached hydrogen (secondary N) is 1. The summed E-state index contributed by atoms with van der Waals surface area (Å²) in [6, 6.07) is 7.75. The van der Waals surface area contributed by atoms with E-state index in [-0.39, 0.29) is 12.1 Å². The van der Waals surface area contributed by atoms with Crippen molar-refractivity contribution in [3.63, 3.8) is 0 Å². The van der Waals surface area contributed by atoms with Gasteiger partial charge in [-0.3, -0.25) is 4.39 Å². The molecule has 0 spiro atoms. The quantitative estimate of drug-likeness (QED) is 0.798. The van der Waals surface area contributed by atoms with E-state index in [9.17, 15) is 4.39 Å².